The lowest BCUT2D eigenvalue weighted by molar-refractivity contribution is 0.322. The van der Waals surface area contributed by atoms with Gasteiger partial charge in [0.05, 0.1) is 5.69 Å². The fourth-order valence-corrected chi connectivity index (χ4v) is 2.69. The van der Waals surface area contributed by atoms with E-state index < -0.39 is 0 Å². The molecule has 17 heavy (non-hydrogen) atoms. The Morgan fingerprint density at radius 3 is 2.59 bits per heavy atom. The van der Waals surface area contributed by atoms with Crippen LogP contribution >= 0.6 is 0 Å². The summed E-state index contributed by atoms with van der Waals surface area (Å²) in [4.78, 5) is 4.64. The minimum atomic E-state index is 0.292. The Kier molecular flexibility index (Phi) is 3.48. The average molecular weight is 231 g/mol. The number of nitrogens with two attached hydrogens (primary N) is 1. The number of rotatable bonds is 2. The molecular formula is C14H21N3. The summed E-state index contributed by atoms with van der Waals surface area (Å²) >= 11 is 0. The van der Waals surface area contributed by atoms with Crippen molar-refractivity contribution < 1.29 is 0 Å². The number of amidine groups is 1. The molecule has 1 aliphatic rings. The first-order valence-corrected chi connectivity index (χ1v) is 6.24. The molecule has 0 aromatic heterocycles. The van der Waals surface area contributed by atoms with Crippen molar-refractivity contribution in [3.63, 3.8) is 0 Å². The summed E-state index contributed by atoms with van der Waals surface area (Å²) in [7, 11) is 0. The van der Waals surface area contributed by atoms with E-state index in [-0.39, 0.29) is 0 Å². The molecule has 1 aliphatic carbocycles. The van der Waals surface area contributed by atoms with Gasteiger partial charge >= 0.3 is 0 Å². The molecule has 1 atom stereocenters. The fourth-order valence-electron chi connectivity index (χ4n) is 2.69. The summed E-state index contributed by atoms with van der Waals surface area (Å²) in [6, 6.07) is 9.98. The minimum absolute atomic E-state index is 0.292. The van der Waals surface area contributed by atoms with Crippen LogP contribution in [0.3, 0.4) is 0 Å². The number of hydrazine groups is 1. The summed E-state index contributed by atoms with van der Waals surface area (Å²) in [6.07, 6.45) is 3.67. The van der Waals surface area contributed by atoms with Crippen molar-refractivity contribution in [1.82, 2.24) is 5.43 Å². The third-order valence-corrected chi connectivity index (χ3v) is 3.74. The summed E-state index contributed by atoms with van der Waals surface area (Å²) < 4.78 is 0. The van der Waals surface area contributed by atoms with Gasteiger partial charge < -0.3 is 5.43 Å². The molecule has 0 radical (unpaired) electrons. The topological polar surface area (TPSA) is 50.4 Å². The summed E-state index contributed by atoms with van der Waals surface area (Å²) in [6.45, 7) is 4.59. The van der Waals surface area contributed by atoms with Gasteiger partial charge in [-0.05, 0) is 30.4 Å². The van der Waals surface area contributed by atoms with Crippen molar-refractivity contribution >= 4 is 11.5 Å². The second-order valence-corrected chi connectivity index (χ2v) is 5.41. The predicted octanol–water partition coefficient (Wildman–Crippen LogP) is 3.01. The highest BCUT2D eigenvalue weighted by Crippen LogP contribution is 2.43. The third kappa shape index (κ3) is 2.67. The molecule has 0 aliphatic heterocycles. The zero-order valence-corrected chi connectivity index (χ0v) is 10.6. The van der Waals surface area contributed by atoms with E-state index in [4.69, 9.17) is 5.84 Å². The zero-order chi connectivity index (χ0) is 12.3. The Labute approximate surface area is 103 Å². The highest BCUT2D eigenvalue weighted by atomic mass is 15.3. The Balaban J connectivity index is 2.25. The number of hydrogen-bond acceptors (Lipinski definition) is 2. The number of nitrogens with zero attached hydrogens (tertiary/aromatic N) is 1. The van der Waals surface area contributed by atoms with Gasteiger partial charge in [0, 0.05) is 5.92 Å². The quantitative estimate of drug-likeness (QED) is 0.356. The average Bonchev–Trinajstić information content (AvgIpc) is 2.67. The van der Waals surface area contributed by atoms with Gasteiger partial charge in [0.2, 0.25) is 0 Å². The van der Waals surface area contributed by atoms with Gasteiger partial charge in [-0.2, -0.15) is 0 Å². The van der Waals surface area contributed by atoms with Gasteiger partial charge in [0.1, 0.15) is 5.84 Å². The van der Waals surface area contributed by atoms with Crippen LogP contribution in [-0.4, -0.2) is 5.84 Å². The van der Waals surface area contributed by atoms with E-state index in [1.54, 1.807) is 0 Å². The maximum atomic E-state index is 5.64. The van der Waals surface area contributed by atoms with Crippen molar-refractivity contribution in [2.24, 2.45) is 22.2 Å². The van der Waals surface area contributed by atoms with Crippen molar-refractivity contribution in [1.29, 1.82) is 0 Å². The van der Waals surface area contributed by atoms with E-state index in [2.05, 4.69) is 24.3 Å². The highest BCUT2D eigenvalue weighted by molar-refractivity contribution is 5.87. The Morgan fingerprint density at radius 2 is 2.06 bits per heavy atom. The van der Waals surface area contributed by atoms with E-state index in [0.29, 0.717) is 11.3 Å². The molecule has 1 fully saturated rings. The van der Waals surface area contributed by atoms with Crippen LogP contribution in [0.4, 0.5) is 5.69 Å². The third-order valence-electron chi connectivity index (χ3n) is 3.74. The van der Waals surface area contributed by atoms with Crippen molar-refractivity contribution in [2.45, 2.75) is 33.1 Å². The SMILES string of the molecule is CC1(C)CCCC1C(=Nc1ccccc1)NN. The molecule has 0 amide bonds. The lowest BCUT2D eigenvalue weighted by atomic mass is 9.81. The number of benzene rings is 1. The van der Waals surface area contributed by atoms with Crippen molar-refractivity contribution in [3.8, 4) is 0 Å². The van der Waals surface area contributed by atoms with Crippen molar-refractivity contribution in [3.05, 3.63) is 30.3 Å². The molecule has 92 valence electrons. The molecule has 0 spiro atoms. The lowest BCUT2D eigenvalue weighted by Crippen LogP contribution is -2.40. The molecule has 1 unspecified atom stereocenters. The molecule has 3 N–H and O–H groups in total. The standard InChI is InChI=1S/C14H21N3/c1-14(2)10-6-9-12(14)13(17-15)16-11-7-4-3-5-8-11/h3-5,7-8,12H,6,9-10,15H2,1-2H3,(H,16,17). The molecule has 0 heterocycles. The summed E-state index contributed by atoms with van der Waals surface area (Å²) in [5.74, 6) is 6.99. The van der Waals surface area contributed by atoms with Crippen LogP contribution < -0.4 is 11.3 Å². The van der Waals surface area contributed by atoms with E-state index >= 15 is 0 Å². The van der Waals surface area contributed by atoms with Gasteiger partial charge in [-0.25, -0.2) is 10.8 Å². The first-order valence-electron chi connectivity index (χ1n) is 6.24. The van der Waals surface area contributed by atoms with Gasteiger partial charge in [0.25, 0.3) is 0 Å². The Hall–Kier alpha value is -1.35. The predicted molar refractivity (Wildman–Crippen MR) is 72.0 cm³/mol. The lowest BCUT2D eigenvalue weighted by Gasteiger charge is -2.27. The van der Waals surface area contributed by atoms with Crippen molar-refractivity contribution in [2.75, 3.05) is 0 Å². The smallest absolute Gasteiger partial charge is 0.120 e. The van der Waals surface area contributed by atoms with Gasteiger partial charge in [0.15, 0.2) is 0 Å². The zero-order valence-electron chi connectivity index (χ0n) is 10.6. The minimum Gasteiger partial charge on any atom is -0.312 e. The maximum Gasteiger partial charge on any atom is 0.120 e. The molecule has 1 aromatic rings. The molecule has 3 nitrogen and oxygen atoms in total. The van der Waals surface area contributed by atoms with Crippen LogP contribution in [-0.2, 0) is 0 Å². The molecule has 1 aromatic carbocycles. The first kappa shape index (κ1) is 12.1. The van der Waals surface area contributed by atoms with Crippen LogP contribution in [0.1, 0.15) is 33.1 Å². The molecule has 2 rings (SSSR count). The van der Waals surface area contributed by atoms with E-state index in [1.165, 1.54) is 19.3 Å². The second-order valence-electron chi connectivity index (χ2n) is 5.41. The van der Waals surface area contributed by atoms with Crippen LogP contribution in [0.5, 0.6) is 0 Å². The van der Waals surface area contributed by atoms with E-state index in [0.717, 1.165) is 11.5 Å². The molecule has 0 bridgehead atoms. The number of para-hydroxylation sites is 1. The number of aliphatic imine (C=N–C) groups is 1. The maximum absolute atomic E-state index is 5.64. The van der Waals surface area contributed by atoms with Crippen LogP contribution in [0, 0.1) is 11.3 Å². The first-order chi connectivity index (χ1) is 8.13. The monoisotopic (exact) mass is 231 g/mol. The molecular weight excluding hydrogens is 210 g/mol. The van der Waals surface area contributed by atoms with Gasteiger partial charge in [-0.1, -0.05) is 38.5 Å². The largest absolute Gasteiger partial charge is 0.312 e. The Bertz CT molecular complexity index is 395. The number of nitrogens with one attached hydrogen (secondary N) is 1. The molecule has 3 heteroatoms. The number of hydrogen-bond donors (Lipinski definition) is 2. The summed E-state index contributed by atoms with van der Waals surface area (Å²) in [5, 5.41) is 0. The van der Waals surface area contributed by atoms with E-state index in [9.17, 15) is 0 Å². The van der Waals surface area contributed by atoms with E-state index in [1.807, 2.05) is 30.3 Å². The fraction of sp³-hybridized carbons (Fsp3) is 0.500. The van der Waals surface area contributed by atoms with Crippen LogP contribution in [0.2, 0.25) is 0 Å². The van der Waals surface area contributed by atoms with Crippen LogP contribution in [0.15, 0.2) is 35.3 Å². The molecule has 0 saturated heterocycles. The normalized spacial score (nSPS) is 23.7. The van der Waals surface area contributed by atoms with Gasteiger partial charge in [-0.15, -0.1) is 0 Å². The highest BCUT2D eigenvalue weighted by Gasteiger charge is 2.37. The second kappa shape index (κ2) is 4.88. The molecule has 1 saturated carbocycles. The van der Waals surface area contributed by atoms with Gasteiger partial charge in [-0.3, -0.25) is 0 Å². The summed E-state index contributed by atoms with van der Waals surface area (Å²) in [5.41, 5.74) is 4.05. The van der Waals surface area contributed by atoms with Crippen LogP contribution in [0.25, 0.3) is 0 Å². The Morgan fingerprint density at radius 1 is 1.35 bits per heavy atom.